The van der Waals surface area contributed by atoms with Crippen molar-refractivity contribution in [1.29, 1.82) is 0 Å². The second-order valence-electron chi connectivity index (χ2n) is 1.81. The van der Waals surface area contributed by atoms with Gasteiger partial charge in [0.2, 0.25) is 0 Å². The highest BCUT2D eigenvalue weighted by Gasteiger charge is 1.77. The molecule has 0 aliphatic rings. The van der Waals surface area contributed by atoms with Crippen LogP contribution in [0.3, 0.4) is 0 Å². The first-order valence-corrected chi connectivity index (χ1v) is 3.77. The minimum Gasteiger partial charge on any atom is -0.396 e. The molecule has 54 valence electrons. The zero-order valence-corrected chi connectivity index (χ0v) is 6.27. The summed E-state index contributed by atoms with van der Waals surface area (Å²) in [6.07, 6.45) is 6.86. The Morgan fingerprint density at radius 2 is 1.89 bits per heavy atom. The summed E-state index contributed by atoms with van der Waals surface area (Å²) in [5.74, 6) is 0.726. The average molecular weight is 149 g/mol. The van der Waals surface area contributed by atoms with Crippen LogP contribution in [0.1, 0.15) is 19.3 Å². The number of rotatable bonds is 5. The fraction of sp³-hybridized carbons (Fsp3) is 0.714. The van der Waals surface area contributed by atoms with Crippen molar-refractivity contribution in [3.63, 3.8) is 0 Å². The first kappa shape index (κ1) is 8.99. The predicted octanol–water partition coefficient (Wildman–Crippen LogP) is 1.94. The molecule has 0 aromatic rings. The molecule has 0 spiro atoms. The summed E-state index contributed by atoms with van der Waals surface area (Å²) in [5, 5.41) is 8.35. The van der Waals surface area contributed by atoms with E-state index in [0.29, 0.717) is 0 Å². The molecule has 0 saturated heterocycles. The molecule has 0 bridgehead atoms. The van der Waals surface area contributed by atoms with Crippen LogP contribution in [0.4, 0.5) is 0 Å². The van der Waals surface area contributed by atoms with E-state index in [1.807, 2.05) is 6.08 Å². The zero-order valence-electron chi connectivity index (χ0n) is 5.52. The van der Waals surface area contributed by atoms with Crippen molar-refractivity contribution < 1.29 is 5.11 Å². The van der Waals surface area contributed by atoms with E-state index in [2.05, 4.69) is 6.08 Å². The molecule has 9 heavy (non-hydrogen) atoms. The molecule has 1 N–H and O–H groups in total. The van der Waals surface area contributed by atoms with Crippen LogP contribution in [0.25, 0.3) is 0 Å². The van der Waals surface area contributed by atoms with Gasteiger partial charge in [-0.25, -0.2) is 0 Å². The molecular weight excluding hydrogens is 136 g/mol. The number of aliphatic hydroxyl groups excluding tert-OH is 1. The maximum Gasteiger partial charge on any atom is 0.0465 e. The molecule has 0 heterocycles. The number of halogens is 1. The van der Waals surface area contributed by atoms with Crippen LogP contribution in [0.5, 0.6) is 0 Å². The molecule has 0 rings (SSSR count). The molecule has 1 nitrogen and oxygen atoms in total. The molecule has 0 aromatic heterocycles. The summed E-state index contributed by atoms with van der Waals surface area (Å²) in [7, 11) is 0. The summed E-state index contributed by atoms with van der Waals surface area (Å²) < 4.78 is 0. The second kappa shape index (κ2) is 7.99. The lowest BCUT2D eigenvalue weighted by Gasteiger charge is -1.86. The molecule has 0 saturated carbocycles. The second-order valence-corrected chi connectivity index (χ2v) is 2.19. The van der Waals surface area contributed by atoms with Gasteiger partial charge in [0, 0.05) is 12.5 Å². The SMILES string of the molecule is OCC/C=C\CCCCl. The van der Waals surface area contributed by atoms with Crippen molar-refractivity contribution in [1.82, 2.24) is 0 Å². The van der Waals surface area contributed by atoms with Crippen molar-refractivity contribution in [2.24, 2.45) is 0 Å². The molecule has 2 heteroatoms. The van der Waals surface area contributed by atoms with Gasteiger partial charge >= 0.3 is 0 Å². The summed E-state index contributed by atoms with van der Waals surface area (Å²) in [6, 6.07) is 0. The third-order valence-corrected chi connectivity index (χ3v) is 1.23. The summed E-state index contributed by atoms with van der Waals surface area (Å²) in [6.45, 7) is 0.247. The van der Waals surface area contributed by atoms with E-state index in [1.54, 1.807) is 0 Å². The fourth-order valence-corrected chi connectivity index (χ4v) is 0.660. The number of hydrogen-bond donors (Lipinski definition) is 1. The van der Waals surface area contributed by atoms with E-state index >= 15 is 0 Å². The van der Waals surface area contributed by atoms with Crippen molar-refractivity contribution in [3.05, 3.63) is 12.2 Å². The average Bonchev–Trinajstić information content (AvgIpc) is 1.89. The molecule has 0 atom stereocenters. The van der Waals surface area contributed by atoms with Crippen LogP contribution < -0.4 is 0 Å². The standard InChI is InChI=1S/C7H13ClO/c8-6-4-2-1-3-5-7-9/h1,3,9H,2,4-7H2/b3-1-. The molecule has 0 aromatic carbocycles. The van der Waals surface area contributed by atoms with Crippen LogP contribution >= 0.6 is 11.6 Å². The van der Waals surface area contributed by atoms with E-state index in [9.17, 15) is 0 Å². The molecule has 0 aliphatic carbocycles. The summed E-state index contributed by atoms with van der Waals surface area (Å²) >= 11 is 5.43. The first-order chi connectivity index (χ1) is 4.41. The lowest BCUT2D eigenvalue weighted by Crippen LogP contribution is -1.76. The van der Waals surface area contributed by atoms with E-state index < -0.39 is 0 Å². The van der Waals surface area contributed by atoms with E-state index in [1.165, 1.54) is 0 Å². The predicted molar refractivity (Wildman–Crippen MR) is 40.8 cm³/mol. The molecule has 0 fully saturated rings. The zero-order chi connectivity index (χ0) is 6.95. The van der Waals surface area contributed by atoms with Gasteiger partial charge in [-0.15, -0.1) is 11.6 Å². The largest absolute Gasteiger partial charge is 0.396 e. The highest BCUT2D eigenvalue weighted by molar-refractivity contribution is 6.17. The fourth-order valence-electron chi connectivity index (χ4n) is 0.505. The highest BCUT2D eigenvalue weighted by Crippen LogP contribution is 1.93. The summed E-state index contributed by atoms with van der Waals surface area (Å²) in [5.41, 5.74) is 0. The number of hydrogen-bond acceptors (Lipinski definition) is 1. The van der Waals surface area contributed by atoms with Crippen molar-refractivity contribution in [2.45, 2.75) is 19.3 Å². The Bertz CT molecular complexity index is 71.3. The highest BCUT2D eigenvalue weighted by atomic mass is 35.5. The van der Waals surface area contributed by atoms with Crippen molar-refractivity contribution >= 4 is 11.6 Å². The van der Waals surface area contributed by atoms with Gasteiger partial charge in [-0.1, -0.05) is 12.2 Å². The minimum absolute atomic E-state index is 0.247. The topological polar surface area (TPSA) is 20.2 Å². The van der Waals surface area contributed by atoms with E-state index in [4.69, 9.17) is 16.7 Å². The van der Waals surface area contributed by atoms with Crippen LogP contribution in [0.2, 0.25) is 0 Å². The number of allylic oxidation sites excluding steroid dienone is 1. The maximum atomic E-state index is 8.35. The van der Waals surface area contributed by atoms with Crippen LogP contribution in [0, 0.1) is 0 Å². The van der Waals surface area contributed by atoms with E-state index in [0.717, 1.165) is 25.1 Å². The molecular formula is C7H13ClO. The normalized spacial score (nSPS) is 10.9. The lowest BCUT2D eigenvalue weighted by atomic mass is 10.3. The smallest absolute Gasteiger partial charge is 0.0465 e. The van der Waals surface area contributed by atoms with Gasteiger partial charge in [0.1, 0.15) is 0 Å². The summed E-state index contributed by atoms with van der Waals surface area (Å²) in [4.78, 5) is 0. The lowest BCUT2D eigenvalue weighted by molar-refractivity contribution is 0.302. The van der Waals surface area contributed by atoms with Gasteiger partial charge in [0.15, 0.2) is 0 Å². The Hall–Kier alpha value is -0.0100. The van der Waals surface area contributed by atoms with Gasteiger partial charge < -0.3 is 5.11 Å². The van der Waals surface area contributed by atoms with Crippen LogP contribution in [-0.2, 0) is 0 Å². The third kappa shape index (κ3) is 7.99. The Kier molecular flexibility index (Phi) is 7.98. The Labute approximate surface area is 61.3 Å². The molecule has 0 unspecified atom stereocenters. The van der Waals surface area contributed by atoms with Gasteiger partial charge in [-0.2, -0.15) is 0 Å². The molecule has 0 radical (unpaired) electrons. The quantitative estimate of drug-likeness (QED) is 0.359. The maximum absolute atomic E-state index is 8.35. The van der Waals surface area contributed by atoms with Gasteiger partial charge in [0.05, 0.1) is 0 Å². The third-order valence-electron chi connectivity index (χ3n) is 0.967. The van der Waals surface area contributed by atoms with Gasteiger partial charge in [-0.05, 0) is 19.3 Å². The Morgan fingerprint density at radius 1 is 1.22 bits per heavy atom. The number of alkyl halides is 1. The monoisotopic (exact) mass is 148 g/mol. The van der Waals surface area contributed by atoms with Gasteiger partial charge in [0.25, 0.3) is 0 Å². The van der Waals surface area contributed by atoms with Crippen molar-refractivity contribution in [2.75, 3.05) is 12.5 Å². The van der Waals surface area contributed by atoms with Crippen LogP contribution in [0.15, 0.2) is 12.2 Å². The van der Waals surface area contributed by atoms with E-state index in [-0.39, 0.29) is 6.61 Å². The molecule has 0 amide bonds. The number of aliphatic hydroxyl groups is 1. The number of unbranched alkanes of at least 4 members (excludes halogenated alkanes) is 1. The van der Waals surface area contributed by atoms with Gasteiger partial charge in [-0.3, -0.25) is 0 Å². The Balaban J connectivity index is 2.86. The first-order valence-electron chi connectivity index (χ1n) is 3.23. The van der Waals surface area contributed by atoms with Crippen LogP contribution in [-0.4, -0.2) is 17.6 Å². The van der Waals surface area contributed by atoms with Crippen molar-refractivity contribution in [3.8, 4) is 0 Å². The minimum atomic E-state index is 0.247. The molecule has 0 aliphatic heterocycles. The Morgan fingerprint density at radius 3 is 2.44 bits per heavy atom.